The van der Waals surface area contributed by atoms with Gasteiger partial charge in [-0.1, -0.05) is 41.4 Å². The van der Waals surface area contributed by atoms with Gasteiger partial charge in [-0.2, -0.15) is 0 Å². The van der Waals surface area contributed by atoms with Gasteiger partial charge in [0.25, 0.3) is 5.91 Å². The summed E-state index contributed by atoms with van der Waals surface area (Å²) in [5.74, 6) is -0.00765. The largest absolute Gasteiger partial charge is 0.326 e. The van der Waals surface area contributed by atoms with Gasteiger partial charge in [0, 0.05) is 22.3 Å². The molecule has 2 amide bonds. The molecule has 0 saturated heterocycles. The molecule has 0 aromatic heterocycles. The van der Waals surface area contributed by atoms with E-state index in [0.29, 0.717) is 34.3 Å². The van der Waals surface area contributed by atoms with Crippen molar-refractivity contribution in [3.63, 3.8) is 0 Å². The first-order valence-corrected chi connectivity index (χ1v) is 8.68. The van der Waals surface area contributed by atoms with E-state index in [-0.39, 0.29) is 11.8 Å². The second-order valence-corrected chi connectivity index (χ2v) is 7.12. The highest BCUT2D eigenvalue weighted by Gasteiger charge is 2.11. The molecule has 0 aliphatic carbocycles. The molecule has 0 radical (unpaired) electrons. The second-order valence-electron chi connectivity index (χ2n) is 5.80. The van der Waals surface area contributed by atoms with Gasteiger partial charge in [-0.25, -0.2) is 0 Å². The van der Waals surface area contributed by atoms with E-state index in [0.717, 1.165) is 4.47 Å². The molecule has 0 saturated carbocycles. The number of hydrogen-bond donors (Lipinski definition) is 2. The number of amides is 2. The molecule has 0 unspecified atom stereocenters. The lowest BCUT2D eigenvalue weighted by Gasteiger charge is -2.10. The van der Waals surface area contributed by atoms with Crippen LogP contribution in [0.4, 0.5) is 11.4 Å². The van der Waals surface area contributed by atoms with Gasteiger partial charge in [-0.15, -0.1) is 0 Å². The number of halogens is 2. The van der Waals surface area contributed by atoms with Gasteiger partial charge in [0.15, 0.2) is 0 Å². The lowest BCUT2D eigenvalue weighted by atomic mass is 10.1. The Hall–Kier alpha value is -1.85. The summed E-state index contributed by atoms with van der Waals surface area (Å²) in [4.78, 5) is 24.0. The summed E-state index contributed by atoms with van der Waals surface area (Å²) in [5.41, 5.74) is 1.72. The first kappa shape index (κ1) is 18.5. The van der Waals surface area contributed by atoms with E-state index in [9.17, 15) is 9.59 Å². The van der Waals surface area contributed by atoms with Gasteiger partial charge >= 0.3 is 0 Å². The van der Waals surface area contributed by atoms with Crippen molar-refractivity contribution in [2.45, 2.75) is 20.3 Å². The summed E-state index contributed by atoms with van der Waals surface area (Å²) in [5, 5.41) is 5.98. The summed E-state index contributed by atoms with van der Waals surface area (Å²) >= 11 is 9.38. The Morgan fingerprint density at radius 3 is 2.17 bits per heavy atom. The summed E-state index contributed by atoms with van der Waals surface area (Å²) in [6.07, 6.45) is 0.473. The fraction of sp³-hybridized carbons (Fsp3) is 0.222. The van der Waals surface area contributed by atoms with Crippen LogP contribution < -0.4 is 10.6 Å². The zero-order valence-electron chi connectivity index (χ0n) is 13.4. The highest BCUT2D eigenvalue weighted by Crippen LogP contribution is 2.23. The molecule has 6 heteroatoms. The van der Waals surface area contributed by atoms with E-state index in [1.807, 2.05) is 13.8 Å². The van der Waals surface area contributed by atoms with Crippen molar-refractivity contribution in [1.29, 1.82) is 0 Å². The summed E-state index contributed by atoms with van der Waals surface area (Å²) in [7, 11) is 0. The highest BCUT2D eigenvalue weighted by molar-refractivity contribution is 9.10. The zero-order chi connectivity index (χ0) is 17.7. The number of nitrogens with one attached hydrogen (secondary N) is 2. The summed E-state index contributed by atoms with van der Waals surface area (Å²) < 4.78 is 0.811. The SMILES string of the molecule is CC(C)CC(=O)Nc1ccc(NC(=O)c2ccc(Br)cc2Cl)cc1. The first-order chi connectivity index (χ1) is 11.3. The molecule has 0 aliphatic heterocycles. The van der Waals surface area contributed by atoms with Crippen molar-refractivity contribution < 1.29 is 9.59 Å². The molecule has 0 aliphatic rings. The third-order valence-corrected chi connectivity index (χ3v) is 4.00. The van der Waals surface area contributed by atoms with E-state index in [2.05, 4.69) is 26.6 Å². The molecule has 0 atom stereocenters. The Bertz CT molecular complexity index is 745. The molecule has 0 heterocycles. The maximum atomic E-state index is 12.2. The quantitative estimate of drug-likeness (QED) is 0.700. The molecule has 2 aromatic rings. The van der Waals surface area contributed by atoms with Crippen molar-refractivity contribution >= 4 is 50.7 Å². The van der Waals surface area contributed by atoms with Crippen LogP contribution >= 0.6 is 27.5 Å². The van der Waals surface area contributed by atoms with Crippen molar-refractivity contribution in [1.82, 2.24) is 0 Å². The lowest BCUT2D eigenvalue weighted by molar-refractivity contribution is -0.116. The van der Waals surface area contributed by atoms with Crippen molar-refractivity contribution in [2.24, 2.45) is 5.92 Å². The van der Waals surface area contributed by atoms with Crippen molar-refractivity contribution in [3.05, 3.63) is 57.5 Å². The monoisotopic (exact) mass is 408 g/mol. The third-order valence-electron chi connectivity index (χ3n) is 3.20. The summed E-state index contributed by atoms with van der Waals surface area (Å²) in [6, 6.07) is 12.0. The molecule has 24 heavy (non-hydrogen) atoms. The lowest BCUT2D eigenvalue weighted by Crippen LogP contribution is -2.14. The van der Waals surface area contributed by atoms with Crippen LogP contribution in [0.1, 0.15) is 30.6 Å². The standard InChI is InChI=1S/C18H18BrClN2O2/c1-11(2)9-17(23)21-13-4-6-14(7-5-13)22-18(24)15-8-3-12(19)10-16(15)20/h3-8,10-11H,9H2,1-2H3,(H,21,23)(H,22,24). The van der Waals surface area contributed by atoms with Crippen molar-refractivity contribution in [3.8, 4) is 0 Å². The smallest absolute Gasteiger partial charge is 0.257 e. The number of rotatable bonds is 5. The molecule has 2 rings (SSSR count). The Labute approximate surface area is 154 Å². The minimum absolute atomic E-state index is 0.0246. The fourth-order valence-electron chi connectivity index (χ4n) is 2.09. The minimum Gasteiger partial charge on any atom is -0.326 e. The van der Waals surface area contributed by atoms with Gasteiger partial charge in [-0.05, 0) is 48.4 Å². The molecule has 2 N–H and O–H groups in total. The maximum absolute atomic E-state index is 12.2. The number of anilines is 2. The van der Waals surface area contributed by atoms with Crippen LogP contribution in [-0.4, -0.2) is 11.8 Å². The van der Waals surface area contributed by atoms with Crippen molar-refractivity contribution in [2.75, 3.05) is 10.6 Å². The number of carbonyl (C=O) groups excluding carboxylic acids is 2. The van der Waals surface area contributed by atoms with Crippen LogP contribution in [0.2, 0.25) is 5.02 Å². The van der Waals surface area contributed by atoms with Crippen LogP contribution in [-0.2, 0) is 4.79 Å². The molecule has 0 spiro atoms. The van der Waals surface area contributed by atoms with Gasteiger partial charge < -0.3 is 10.6 Å². The normalized spacial score (nSPS) is 10.5. The van der Waals surface area contributed by atoms with E-state index in [1.165, 1.54) is 0 Å². The van der Waals surface area contributed by atoms with Gasteiger partial charge in [-0.3, -0.25) is 9.59 Å². The molecular formula is C18H18BrClN2O2. The van der Waals surface area contributed by atoms with E-state index >= 15 is 0 Å². The number of hydrogen-bond acceptors (Lipinski definition) is 2. The molecule has 2 aromatic carbocycles. The number of benzene rings is 2. The average Bonchev–Trinajstić information content (AvgIpc) is 2.48. The molecule has 4 nitrogen and oxygen atoms in total. The average molecular weight is 410 g/mol. The Kier molecular flexibility index (Phi) is 6.40. The predicted molar refractivity (Wildman–Crippen MR) is 102 cm³/mol. The minimum atomic E-state index is -0.288. The van der Waals surface area contributed by atoms with Gasteiger partial charge in [0.1, 0.15) is 0 Å². The van der Waals surface area contributed by atoms with E-state index in [4.69, 9.17) is 11.6 Å². The maximum Gasteiger partial charge on any atom is 0.257 e. The van der Waals surface area contributed by atoms with Crippen LogP contribution in [0.3, 0.4) is 0 Å². The van der Waals surface area contributed by atoms with Crippen LogP contribution in [0.15, 0.2) is 46.9 Å². The van der Waals surface area contributed by atoms with Crippen LogP contribution in [0, 0.1) is 5.92 Å². The predicted octanol–water partition coefficient (Wildman–Crippen LogP) is 5.34. The third kappa shape index (κ3) is 5.35. The Balaban J connectivity index is 2.01. The van der Waals surface area contributed by atoms with E-state index in [1.54, 1.807) is 42.5 Å². The molecule has 0 fully saturated rings. The fourth-order valence-corrected chi connectivity index (χ4v) is 2.85. The Morgan fingerprint density at radius 2 is 1.62 bits per heavy atom. The number of carbonyl (C=O) groups is 2. The second kappa shape index (κ2) is 8.31. The topological polar surface area (TPSA) is 58.2 Å². The van der Waals surface area contributed by atoms with E-state index < -0.39 is 0 Å². The summed E-state index contributed by atoms with van der Waals surface area (Å²) in [6.45, 7) is 3.98. The van der Waals surface area contributed by atoms with Crippen LogP contribution in [0.5, 0.6) is 0 Å². The van der Waals surface area contributed by atoms with Gasteiger partial charge in [0.05, 0.1) is 10.6 Å². The molecular weight excluding hydrogens is 392 g/mol. The zero-order valence-corrected chi connectivity index (χ0v) is 15.7. The highest BCUT2D eigenvalue weighted by atomic mass is 79.9. The van der Waals surface area contributed by atoms with Gasteiger partial charge in [0.2, 0.25) is 5.91 Å². The molecule has 0 bridgehead atoms. The van der Waals surface area contributed by atoms with Crippen LogP contribution in [0.25, 0.3) is 0 Å². The Morgan fingerprint density at radius 1 is 1.04 bits per heavy atom. The first-order valence-electron chi connectivity index (χ1n) is 7.51. The molecule has 126 valence electrons.